The summed E-state index contributed by atoms with van der Waals surface area (Å²) in [6, 6.07) is 14.7. The van der Waals surface area contributed by atoms with Gasteiger partial charge in [-0.1, -0.05) is 18.2 Å². The molecule has 0 aliphatic rings. The minimum Gasteiger partial charge on any atom is -0.340 e. The van der Waals surface area contributed by atoms with Crippen molar-refractivity contribution in [2.24, 2.45) is 0 Å². The second kappa shape index (κ2) is 3.68. The SMILES string of the molecule is Fc1ccc2c(cnn2-c2cc3ccccc3[nH]2)c1. The second-order valence-electron chi connectivity index (χ2n) is 4.50. The molecule has 0 amide bonds. The van der Waals surface area contributed by atoms with Crippen LogP contribution in [0.15, 0.2) is 54.7 Å². The van der Waals surface area contributed by atoms with E-state index < -0.39 is 0 Å². The van der Waals surface area contributed by atoms with E-state index >= 15 is 0 Å². The summed E-state index contributed by atoms with van der Waals surface area (Å²) in [5.74, 6) is 0.631. The maximum absolute atomic E-state index is 13.2. The monoisotopic (exact) mass is 251 g/mol. The number of nitrogens with one attached hydrogen (secondary N) is 1. The summed E-state index contributed by atoms with van der Waals surface area (Å²) in [5.41, 5.74) is 1.94. The number of hydrogen-bond acceptors (Lipinski definition) is 1. The van der Waals surface area contributed by atoms with Gasteiger partial charge in [-0.15, -0.1) is 0 Å². The number of aromatic amines is 1. The fraction of sp³-hybridized carbons (Fsp3) is 0. The first-order valence-electron chi connectivity index (χ1n) is 6.03. The number of nitrogens with zero attached hydrogens (tertiary/aromatic N) is 2. The molecule has 4 heteroatoms. The highest BCUT2D eigenvalue weighted by molar-refractivity contribution is 5.84. The lowest BCUT2D eigenvalue weighted by Crippen LogP contribution is -1.95. The molecule has 0 aliphatic carbocycles. The van der Waals surface area contributed by atoms with Crippen LogP contribution in [0.1, 0.15) is 0 Å². The van der Waals surface area contributed by atoms with E-state index in [-0.39, 0.29) is 5.82 Å². The summed E-state index contributed by atoms with van der Waals surface area (Å²) in [6.07, 6.45) is 1.67. The molecule has 19 heavy (non-hydrogen) atoms. The Bertz CT molecular complexity index is 856. The van der Waals surface area contributed by atoms with Crippen LogP contribution in [0.4, 0.5) is 4.39 Å². The maximum Gasteiger partial charge on any atom is 0.133 e. The van der Waals surface area contributed by atoms with Gasteiger partial charge in [-0.3, -0.25) is 0 Å². The normalized spacial score (nSPS) is 11.4. The molecule has 0 unspecified atom stereocenters. The van der Waals surface area contributed by atoms with E-state index in [0.29, 0.717) is 0 Å². The van der Waals surface area contributed by atoms with Crippen molar-refractivity contribution < 1.29 is 4.39 Å². The molecular weight excluding hydrogens is 241 g/mol. The molecule has 0 atom stereocenters. The number of para-hydroxylation sites is 1. The molecule has 2 heterocycles. The molecular formula is C15H10FN3. The third-order valence-electron chi connectivity index (χ3n) is 3.27. The Labute approximate surface area is 108 Å². The van der Waals surface area contributed by atoms with Gasteiger partial charge in [0, 0.05) is 16.3 Å². The van der Waals surface area contributed by atoms with E-state index in [2.05, 4.69) is 10.1 Å². The Morgan fingerprint density at radius 3 is 2.79 bits per heavy atom. The van der Waals surface area contributed by atoms with Crippen molar-refractivity contribution in [3.05, 3.63) is 60.5 Å². The molecule has 0 saturated carbocycles. The van der Waals surface area contributed by atoms with E-state index in [9.17, 15) is 4.39 Å². The van der Waals surface area contributed by atoms with Crippen LogP contribution in [-0.4, -0.2) is 14.8 Å². The summed E-state index contributed by atoms with van der Waals surface area (Å²) in [4.78, 5) is 3.31. The minimum atomic E-state index is -0.247. The third kappa shape index (κ3) is 1.53. The van der Waals surface area contributed by atoms with Gasteiger partial charge in [0.25, 0.3) is 0 Å². The lowest BCUT2D eigenvalue weighted by Gasteiger charge is -1.99. The van der Waals surface area contributed by atoms with E-state index in [1.807, 2.05) is 30.3 Å². The summed E-state index contributed by atoms with van der Waals surface area (Å²) in [7, 11) is 0. The largest absolute Gasteiger partial charge is 0.340 e. The van der Waals surface area contributed by atoms with Crippen LogP contribution in [0.2, 0.25) is 0 Å². The Morgan fingerprint density at radius 1 is 1.00 bits per heavy atom. The van der Waals surface area contributed by atoms with Crippen molar-refractivity contribution in [3.63, 3.8) is 0 Å². The smallest absolute Gasteiger partial charge is 0.133 e. The molecule has 0 bridgehead atoms. The lowest BCUT2D eigenvalue weighted by atomic mass is 10.2. The van der Waals surface area contributed by atoms with Gasteiger partial charge in [0.15, 0.2) is 0 Å². The molecule has 0 fully saturated rings. The van der Waals surface area contributed by atoms with Crippen LogP contribution in [0.3, 0.4) is 0 Å². The van der Waals surface area contributed by atoms with Crippen LogP contribution < -0.4 is 0 Å². The number of halogens is 1. The first-order chi connectivity index (χ1) is 9.31. The molecule has 0 aliphatic heterocycles. The quantitative estimate of drug-likeness (QED) is 0.550. The van der Waals surface area contributed by atoms with Crippen molar-refractivity contribution in [3.8, 4) is 5.82 Å². The van der Waals surface area contributed by atoms with Crippen molar-refractivity contribution in [1.82, 2.24) is 14.8 Å². The number of H-pyrrole nitrogens is 1. The predicted molar refractivity (Wildman–Crippen MR) is 72.9 cm³/mol. The minimum absolute atomic E-state index is 0.247. The molecule has 2 aromatic carbocycles. The molecule has 0 radical (unpaired) electrons. The van der Waals surface area contributed by atoms with Crippen molar-refractivity contribution in [2.45, 2.75) is 0 Å². The average molecular weight is 251 g/mol. The van der Waals surface area contributed by atoms with Gasteiger partial charge in [0.05, 0.1) is 11.7 Å². The topological polar surface area (TPSA) is 33.6 Å². The first-order valence-corrected chi connectivity index (χ1v) is 6.03. The van der Waals surface area contributed by atoms with Gasteiger partial charge in [-0.2, -0.15) is 5.10 Å². The van der Waals surface area contributed by atoms with Gasteiger partial charge in [0.2, 0.25) is 0 Å². The van der Waals surface area contributed by atoms with Crippen LogP contribution in [-0.2, 0) is 0 Å². The van der Waals surface area contributed by atoms with Crippen LogP contribution in [0, 0.1) is 5.82 Å². The highest BCUT2D eigenvalue weighted by Gasteiger charge is 2.08. The van der Waals surface area contributed by atoms with Crippen molar-refractivity contribution in [1.29, 1.82) is 0 Å². The van der Waals surface area contributed by atoms with E-state index in [4.69, 9.17) is 0 Å². The number of hydrogen-bond donors (Lipinski definition) is 1. The number of fused-ring (bicyclic) bond motifs is 2. The molecule has 4 rings (SSSR count). The van der Waals surface area contributed by atoms with Crippen molar-refractivity contribution in [2.75, 3.05) is 0 Å². The summed E-state index contributed by atoms with van der Waals surface area (Å²) in [5, 5.41) is 6.24. The molecule has 1 N–H and O–H groups in total. The van der Waals surface area contributed by atoms with E-state index in [0.717, 1.165) is 27.6 Å². The molecule has 0 spiro atoms. The molecule has 3 nitrogen and oxygen atoms in total. The number of rotatable bonds is 1. The zero-order chi connectivity index (χ0) is 12.8. The highest BCUT2D eigenvalue weighted by atomic mass is 19.1. The Morgan fingerprint density at radius 2 is 1.89 bits per heavy atom. The maximum atomic E-state index is 13.2. The first kappa shape index (κ1) is 10.3. The summed E-state index contributed by atoms with van der Waals surface area (Å²) < 4.78 is 15.0. The molecule has 2 aromatic heterocycles. The fourth-order valence-corrected chi connectivity index (χ4v) is 2.37. The van der Waals surface area contributed by atoms with Gasteiger partial charge in [0.1, 0.15) is 11.6 Å². The van der Waals surface area contributed by atoms with Crippen LogP contribution in [0.5, 0.6) is 0 Å². The van der Waals surface area contributed by atoms with E-state index in [1.54, 1.807) is 16.9 Å². The Balaban J connectivity index is 1.98. The van der Waals surface area contributed by atoms with Gasteiger partial charge in [-0.25, -0.2) is 9.07 Å². The number of aromatic nitrogens is 3. The second-order valence-corrected chi connectivity index (χ2v) is 4.50. The number of benzene rings is 2. The average Bonchev–Trinajstić information content (AvgIpc) is 3.00. The Hall–Kier alpha value is -2.62. The van der Waals surface area contributed by atoms with E-state index in [1.165, 1.54) is 12.1 Å². The predicted octanol–water partition coefficient (Wildman–Crippen LogP) is 3.65. The van der Waals surface area contributed by atoms with Gasteiger partial charge < -0.3 is 4.98 Å². The van der Waals surface area contributed by atoms with Crippen LogP contribution >= 0.6 is 0 Å². The zero-order valence-electron chi connectivity index (χ0n) is 9.97. The van der Waals surface area contributed by atoms with Crippen LogP contribution in [0.25, 0.3) is 27.6 Å². The lowest BCUT2D eigenvalue weighted by molar-refractivity contribution is 0.629. The third-order valence-corrected chi connectivity index (χ3v) is 3.27. The van der Waals surface area contributed by atoms with Gasteiger partial charge in [-0.05, 0) is 30.3 Å². The highest BCUT2D eigenvalue weighted by Crippen LogP contribution is 2.22. The molecule has 0 saturated heterocycles. The molecule has 4 aromatic rings. The Kier molecular flexibility index (Phi) is 2.00. The van der Waals surface area contributed by atoms with Crippen molar-refractivity contribution >= 4 is 21.8 Å². The molecule has 92 valence electrons. The standard InChI is InChI=1S/C15H10FN3/c16-12-5-6-14-11(7-12)9-17-19(14)15-8-10-3-1-2-4-13(10)18-15/h1-9,18H. The summed E-state index contributed by atoms with van der Waals surface area (Å²) in [6.45, 7) is 0. The summed E-state index contributed by atoms with van der Waals surface area (Å²) >= 11 is 0. The zero-order valence-corrected chi connectivity index (χ0v) is 9.97. The fourth-order valence-electron chi connectivity index (χ4n) is 2.37. The van der Waals surface area contributed by atoms with Gasteiger partial charge >= 0.3 is 0 Å².